The predicted octanol–water partition coefficient (Wildman–Crippen LogP) is 2.84. The number of nitrogens with zero attached hydrogens (tertiary/aromatic N) is 4. The summed E-state index contributed by atoms with van der Waals surface area (Å²) in [5.74, 6) is 0.649. The molecule has 0 fully saturated rings. The SMILES string of the molecule is C[C@H]1c2nc(CC(=O)NCc3ccccn3)cn2CCN1C(=O)c1cc2ccccc2[nH]1. The van der Waals surface area contributed by atoms with Crippen molar-refractivity contribution in [2.75, 3.05) is 6.54 Å². The number of aromatic nitrogens is 4. The molecule has 8 nitrogen and oxygen atoms in total. The fourth-order valence-corrected chi connectivity index (χ4v) is 4.17. The highest BCUT2D eigenvalue weighted by molar-refractivity contribution is 5.98. The Morgan fingerprint density at radius 1 is 1.12 bits per heavy atom. The molecule has 32 heavy (non-hydrogen) atoms. The maximum absolute atomic E-state index is 13.2. The molecule has 0 spiro atoms. The Morgan fingerprint density at radius 2 is 1.97 bits per heavy atom. The number of carbonyl (C=O) groups excluding carboxylic acids is 2. The summed E-state index contributed by atoms with van der Waals surface area (Å²) in [7, 11) is 0. The molecule has 0 saturated carbocycles. The standard InChI is InChI=1S/C24H24N6O2/c1-16-23-27-19(13-22(31)26-14-18-7-4-5-9-25-18)15-29(23)10-11-30(16)24(32)21-12-17-6-2-3-8-20(17)28-21/h2-9,12,15-16,28H,10-11,13-14H2,1H3,(H,26,31)/t16-/m0/s1. The van der Waals surface area contributed by atoms with Crippen molar-refractivity contribution in [2.24, 2.45) is 0 Å². The van der Waals surface area contributed by atoms with Gasteiger partial charge >= 0.3 is 0 Å². The third-order valence-corrected chi connectivity index (χ3v) is 5.84. The lowest BCUT2D eigenvalue weighted by Crippen LogP contribution is -2.41. The molecule has 0 radical (unpaired) electrons. The van der Waals surface area contributed by atoms with Crippen LogP contribution >= 0.6 is 0 Å². The van der Waals surface area contributed by atoms with E-state index >= 15 is 0 Å². The number of carbonyl (C=O) groups is 2. The minimum Gasteiger partial charge on any atom is -0.351 e. The monoisotopic (exact) mass is 428 g/mol. The van der Waals surface area contributed by atoms with Gasteiger partial charge in [-0.3, -0.25) is 14.6 Å². The number of nitrogens with one attached hydrogen (secondary N) is 2. The number of imidazole rings is 1. The number of amides is 2. The van der Waals surface area contributed by atoms with Gasteiger partial charge < -0.3 is 19.8 Å². The van der Waals surface area contributed by atoms with E-state index in [0.29, 0.717) is 31.0 Å². The molecule has 1 aliphatic rings. The normalized spacial score (nSPS) is 15.5. The zero-order valence-electron chi connectivity index (χ0n) is 17.8. The molecule has 0 bridgehead atoms. The van der Waals surface area contributed by atoms with Crippen LogP contribution in [0.15, 0.2) is 60.9 Å². The van der Waals surface area contributed by atoms with Gasteiger partial charge in [0.1, 0.15) is 11.5 Å². The van der Waals surface area contributed by atoms with Crippen molar-refractivity contribution < 1.29 is 9.59 Å². The Morgan fingerprint density at radius 3 is 2.78 bits per heavy atom. The Labute approximate surface area is 185 Å². The lowest BCUT2D eigenvalue weighted by molar-refractivity contribution is -0.120. The van der Waals surface area contributed by atoms with E-state index in [2.05, 4.69) is 20.3 Å². The molecule has 4 aromatic rings. The summed E-state index contributed by atoms with van der Waals surface area (Å²) in [4.78, 5) is 39.5. The van der Waals surface area contributed by atoms with E-state index in [1.807, 2.05) is 71.1 Å². The lowest BCUT2D eigenvalue weighted by Gasteiger charge is -2.33. The number of rotatable bonds is 5. The molecule has 1 aromatic carbocycles. The summed E-state index contributed by atoms with van der Waals surface area (Å²) in [6.45, 7) is 3.60. The van der Waals surface area contributed by atoms with Crippen LogP contribution in [0.2, 0.25) is 0 Å². The van der Waals surface area contributed by atoms with Gasteiger partial charge in [-0.05, 0) is 31.2 Å². The minimum absolute atomic E-state index is 0.0439. The lowest BCUT2D eigenvalue weighted by atomic mass is 10.2. The summed E-state index contributed by atoms with van der Waals surface area (Å²) in [6, 6.07) is 15.2. The van der Waals surface area contributed by atoms with Crippen LogP contribution in [0.5, 0.6) is 0 Å². The van der Waals surface area contributed by atoms with Crippen molar-refractivity contribution in [1.82, 2.24) is 29.7 Å². The fourth-order valence-electron chi connectivity index (χ4n) is 4.17. The van der Waals surface area contributed by atoms with Crippen molar-refractivity contribution >= 4 is 22.7 Å². The quantitative estimate of drug-likeness (QED) is 0.511. The molecule has 0 saturated heterocycles. The number of pyridine rings is 1. The van der Waals surface area contributed by atoms with Gasteiger partial charge in [0.25, 0.3) is 5.91 Å². The molecule has 4 heterocycles. The van der Waals surface area contributed by atoms with Gasteiger partial charge in [-0.15, -0.1) is 0 Å². The van der Waals surface area contributed by atoms with E-state index in [1.54, 1.807) is 6.20 Å². The van der Waals surface area contributed by atoms with E-state index in [-0.39, 0.29) is 24.3 Å². The van der Waals surface area contributed by atoms with Gasteiger partial charge in [-0.1, -0.05) is 24.3 Å². The molecule has 2 amide bonds. The van der Waals surface area contributed by atoms with Crippen LogP contribution in [0.4, 0.5) is 0 Å². The van der Waals surface area contributed by atoms with E-state index < -0.39 is 0 Å². The topological polar surface area (TPSA) is 95.9 Å². The van der Waals surface area contributed by atoms with Crippen LogP contribution in [0.3, 0.4) is 0 Å². The molecule has 2 N–H and O–H groups in total. The molecule has 1 aliphatic heterocycles. The summed E-state index contributed by atoms with van der Waals surface area (Å²) < 4.78 is 2.04. The van der Waals surface area contributed by atoms with Gasteiger partial charge in [-0.2, -0.15) is 0 Å². The number of para-hydroxylation sites is 1. The van der Waals surface area contributed by atoms with Crippen LogP contribution in [0, 0.1) is 0 Å². The third kappa shape index (κ3) is 3.87. The van der Waals surface area contributed by atoms with Crippen LogP contribution in [0.1, 0.15) is 40.7 Å². The van der Waals surface area contributed by atoms with Crippen molar-refractivity contribution in [3.63, 3.8) is 0 Å². The van der Waals surface area contributed by atoms with Crippen LogP contribution < -0.4 is 5.32 Å². The average Bonchev–Trinajstić information content (AvgIpc) is 3.42. The molecule has 1 atom stereocenters. The molecule has 0 unspecified atom stereocenters. The highest BCUT2D eigenvalue weighted by Crippen LogP contribution is 2.27. The number of fused-ring (bicyclic) bond motifs is 2. The summed E-state index contributed by atoms with van der Waals surface area (Å²) in [6.07, 6.45) is 3.81. The van der Waals surface area contributed by atoms with Crippen molar-refractivity contribution in [3.8, 4) is 0 Å². The summed E-state index contributed by atoms with van der Waals surface area (Å²) in [5.41, 5.74) is 3.03. The molecular formula is C24H24N6O2. The molecule has 0 aliphatic carbocycles. The smallest absolute Gasteiger partial charge is 0.270 e. The zero-order valence-corrected chi connectivity index (χ0v) is 17.8. The summed E-state index contributed by atoms with van der Waals surface area (Å²) in [5, 5.41) is 3.90. The number of aromatic amines is 1. The highest BCUT2D eigenvalue weighted by atomic mass is 16.2. The third-order valence-electron chi connectivity index (χ3n) is 5.84. The molecule has 162 valence electrons. The first-order valence-electron chi connectivity index (χ1n) is 10.7. The Hall–Kier alpha value is -3.94. The average molecular weight is 428 g/mol. The summed E-state index contributed by atoms with van der Waals surface area (Å²) >= 11 is 0. The van der Waals surface area contributed by atoms with Gasteiger partial charge in [0, 0.05) is 36.4 Å². The van der Waals surface area contributed by atoms with E-state index in [4.69, 9.17) is 0 Å². The van der Waals surface area contributed by atoms with Crippen LogP contribution in [0.25, 0.3) is 10.9 Å². The van der Waals surface area contributed by atoms with Crippen LogP contribution in [-0.4, -0.2) is 42.8 Å². The van der Waals surface area contributed by atoms with E-state index in [0.717, 1.165) is 22.4 Å². The first-order chi connectivity index (χ1) is 15.6. The minimum atomic E-state index is -0.187. The zero-order chi connectivity index (χ0) is 22.1. The highest BCUT2D eigenvalue weighted by Gasteiger charge is 2.31. The second-order valence-electron chi connectivity index (χ2n) is 8.00. The number of hydrogen-bond acceptors (Lipinski definition) is 4. The molecular weight excluding hydrogens is 404 g/mol. The Balaban J connectivity index is 1.26. The predicted molar refractivity (Wildman–Crippen MR) is 120 cm³/mol. The maximum atomic E-state index is 13.2. The molecule has 3 aromatic heterocycles. The number of H-pyrrole nitrogens is 1. The van der Waals surface area contributed by atoms with Crippen molar-refractivity contribution in [1.29, 1.82) is 0 Å². The Kier molecular flexibility index (Phi) is 5.18. The van der Waals surface area contributed by atoms with E-state index in [1.165, 1.54) is 0 Å². The van der Waals surface area contributed by atoms with Crippen LogP contribution in [-0.2, 0) is 24.3 Å². The number of hydrogen-bond donors (Lipinski definition) is 2. The molecule has 8 heteroatoms. The number of benzene rings is 1. The van der Waals surface area contributed by atoms with Crippen molar-refractivity contribution in [2.45, 2.75) is 32.5 Å². The second-order valence-corrected chi connectivity index (χ2v) is 8.00. The van der Waals surface area contributed by atoms with Crippen molar-refractivity contribution in [3.05, 3.63) is 83.8 Å². The van der Waals surface area contributed by atoms with Gasteiger partial charge in [-0.25, -0.2) is 4.98 Å². The Bertz CT molecular complexity index is 1240. The largest absolute Gasteiger partial charge is 0.351 e. The van der Waals surface area contributed by atoms with Gasteiger partial charge in [0.15, 0.2) is 0 Å². The van der Waals surface area contributed by atoms with E-state index in [9.17, 15) is 9.59 Å². The first kappa shape index (κ1) is 20.0. The maximum Gasteiger partial charge on any atom is 0.270 e. The van der Waals surface area contributed by atoms with Gasteiger partial charge in [0.05, 0.1) is 30.4 Å². The first-order valence-corrected chi connectivity index (χ1v) is 10.7. The molecule has 5 rings (SSSR count). The fraction of sp³-hybridized carbons (Fsp3) is 0.250. The van der Waals surface area contributed by atoms with Gasteiger partial charge in [0.2, 0.25) is 5.91 Å². The second kappa shape index (κ2) is 8.30.